The Labute approximate surface area is 115 Å². The highest BCUT2D eigenvalue weighted by Crippen LogP contribution is 2.20. The predicted molar refractivity (Wildman–Crippen MR) is 69.3 cm³/mol. The van der Waals surface area contributed by atoms with Gasteiger partial charge in [-0.15, -0.1) is 0 Å². The summed E-state index contributed by atoms with van der Waals surface area (Å²) < 4.78 is 5.26. The van der Waals surface area contributed by atoms with Crippen molar-refractivity contribution in [1.29, 1.82) is 0 Å². The molecule has 1 fully saturated rings. The molecule has 0 N–H and O–H groups in total. The highest BCUT2D eigenvalue weighted by molar-refractivity contribution is 6.30. The lowest BCUT2D eigenvalue weighted by atomic mass is 9.84. The lowest BCUT2D eigenvalue weighted by Crippen LogP contribution is -2.37. The average molecular weight is 281 g/mol. The van der Waals surface area contributed by atoms with Crippen molar-refractivity contribution in [3.8, 4) is 5.75 Å². The summed E-state index contributed by atoms with van der Waals surface area (Å²) in [6.07, 6.45) is 1.13. The molecule has 0 unspecified atom stereocenters. The second-order valence-corrected chi connectivity index (χ2v) is 4.86. The molecule has 0 aromatic heterocycles. The summed E-state index contributed by atoms with van der Waals surface area (Å²) >= 11 is 5.72. The molecule has 100 valence electrons. The SMILES string of the molecule is O=C1CCCC(=O)C1C(=O)COc1ccc(Cl)cc1. The number of hydrogen-bond donors (Lipinski definition) is 0. The summed E-state index contributed by atoms with van der Waals surface area (Å²) in [4.78, 5) is 35.0. The Morgan fingerprint density at radius 3 is 2.32 bits per heavy atom. The number of carbonyl (C=O) groups excluding carboxylic acids is 3. The summed E-state index contributed by atoms with van der Waals surface area (Å²) in [7, 11) is 0. The monoisotopic (exact) mass is 280 g/mol. The molecule has 19 heavy (non-hydrogen) atoms. The van der Waals surface area contributed by atoms with Crippen molar-refractivity contribution >= 4 is 29.0 Å². The first-order valence-corrected chi connectivity index (χ1v) is 6.42. The molecule has 1 aliphatic carbocycles. The van der Waals surface area contributed by atoms with Crippen LogP contribution < -0.4 is 4.74 Å². The molecule has 0 heterocycles. The largest absolute Gasteiger partial charge is 0.486 e. The van der Waals surface area contributed by atoms with Gasteiger partial charge in [-0.2, -0.15) is 0 Å². The third kappa shape index (κ3) is 3.41. The maximum absolute atomic E-state index is 11.9. The molecule has 1 aromatic carbocycles. The van der Waals surface area contributed by atoms with Crippen LogP contribution in [0.25, 0.3) is 0 Å². The van der Waals surface area contributed by atoms with Crippen LogP contribution in [-0.2, 0) is 14.4 Å². The van der Waals surface area contributed by atoms with E-state index in [2.05, 4.69) is 0 Å². The molecule has 0 atom stereocenters. The second kappa shape index (κ2) is 5.97. The number of carbonyl (C=O) groups is 3. The van der Waals surface area contributed by atoms with Gasteiger partial charge in [-0.3, -0.25) is 14.4 Å². The van der Waals surface area contributed by atoms with Crippen LogP contribution in [-0.4, -0.2) is 24.0 Å². The van der Waals surface area contributed by atoms with Crippen LogP contribution in [0, 0.1) is 5.92 Å². The third-order valence-electron chi connectivity index (χ3n) is 3.01. The van der Waals surface area contributed by atoms with E-state index in [4.69, 9.17) is 16.3 Å². The van der Waals surface area contributed by atoms with Gasteiger partial charge >= 0.3 is 0 Å². The number of benzene rings is 1. The van der Waals surface area contributed by atoms with E-state index in [-0.39, 0.29) is 18.2 Å². The van der Waals surface area contributed by atoms with Crippen molar-refractivity contribution in [1.82, 2.24) is 0 Å². The number of ether oxygens (including phenoxy) is 1. The maximum atomic E-state index is 11.9. The zero-order valence-electron chi connectivity index (χ0n) is 10.2. The van der Waals surface area contributed by atoms with E-state index in [1.54, 1.807) is 24.3 Å². The molecule has 1 aliphatic rings. The van der Waals surface area contributed by atoms with Gasteiger partial charge in [-0.1, -0.05) is 11.6 Å². The van der Waals surface area contributed by atoms with Crippen molar-refractivity contribution in [2.24, 2.45) is 5.92 Å². The Bertz CT molecular complexity index is 491. The van der Waals surface area contributed by atoms with Gasteiger partial charge in [0.25, 0.3) is 0 Å². The quantitative estimate of drug-likeness (QED) is 0.794. The molecular weight excluding hydrogens is 268 g/mol. The van der Waals surface area contributed by atoms with E-state index in [1.165, 1.54) is 0 Å². The smallest absolute Gasteiger partial charge is 0.188 e. The minimum atomic E-state index is -1.12. The highest BCUT2D eigenvalue weighted by atomic mass is 35.5. The molecule has 0 aliphatic heterocycles. The van der Waals surface area contributed by atoms with E-state index >= 15 is 0 Å². The normalized spacial score (nSPS) is 16.5. The van der Waals surface area contributed by atoms with E-state index in [1.807, 2.05) is 0 Å². The molecule has 0 radical (unpaired) electrons. The predicted octanol–water partition coefficient (Wildman–Crippen LogP) is 2.23. The first kappa shape index (κ1) is 13.7. The van der Waals surface area contributed by atoms with Gasteiger partial charge in [0.15, 0.2) is 17.3 Å². The molecule has 1 aromatic rings. The fourth-order valence-corrected chi connectivity index (χ4v) is 2.16. The van der Waals surface area contributed by atoms with Crippen molar-refractivity contribution in [2.75, 3.05) is 6.61 Å². The fourth-order valence-electron chi connectivity index (χ4n) is 2.03. The van der Waals surface area contributed by atoms with Gasteiger partial charge in [0, 0.05) is 17.9 Å². The van der Waals surface area contributed by atoms with Gasteiger partial charge in [0.2, 0.25) is 0 Å². The van der Waals surface area contributed by atoms with Crippen molar-refractivity contribution in [3.05, 3.63) is 29.3 Å². The summed E-state index contributed by atoms with van der Waals surface area (Å²) in [5.74, 6) is -1.69. The Kier molecular flexibility index (Phi) is 4.32. The summed E-state index contributed by atoms with van der Waals surface area (Å²) in [6, 6.07) is 6.52. The first-order valence-electron chi connectivity index (χ1n) is 6.04. The second-order valence-electron chi connectivity index (χ2n) is 4.43. The Morgan fingerprint density at radius 2 is 1.74 bits per heavy atom. The van der Waals surface area contributed by atoms with Crippen LogP contribution in [0.2, 0.25) is 5.02 Å². The molecule has 4 nitrogen and oxygen atoms in total. The zero-order valence-corrected chi connectivity index (χ0v) is 11.0. The first-order chi connectivity index (χ1) is 9.08. The van der Waals surface area contributed by atoms with Gasteiger partial charge in [0.1, 0.15) is 18.3 Å². The van der Waals surface area contributed by atoms with E-state index < -0.39 is 11.7 Å². The number of halogens is 1. The lowest BCUT2D eigenvalue weighted by Gasteiger charge is -2.18. The molecule has 5 heteroatoms. The van der Waals surface area contributed by atoms with Crippen molar-refractivity contribution in [2.45, 2.75) is 19.3 Å². The summed E-state index contributed by atoms with van der Waals surface area (Å²) in [5, 5.41) is 0.566. The van der Waals surface area contributed by atoms with Crippen LogP contribution in [0.4, 0.5) is 0 Å². The van der Waals surface area contributed by atoms with Crippen LogP contribution >= 0.6 is 11.6 Å². The van der Waals surface area contributed by atoms with Crippen LogP contribution in [0.3, 0.4) is 0 Å². The van der Waals surface area contributed by atoms with Gasteiger partial charge < -0.3 is 4.74 Å². The van der Waals surface area contributed by atoms with Gasteiger partial charge in [-0.05, 0) is 30.7 Å². The van der Waals surface area contributed by atoms with Gasteiger partial charge in [0.05, 0.1) is 0 Å². The average Bonchev–Trinajstić information content (AvgIpc) is 2.38. The zero-order chi connectivity index (χ0) is 13.8. The number of Topliss-reactive ketones (excluding diaryl/α,β-unsaturated/α-hetero) is 3. The summed E-state index contributed by atoms with van der Waals surface area (Å²) in [6.45, 7) is -0.274. The standard InChI is InChI=1S/C14H13ClO4/c15-9-4-6-10(7-5-9)19-8-13(18)14-11(16)2-1-3-12(14)17/h4-7,14H,1-3,8H2. The highest BCUT2D eigenvalue weighted by Gasteiger charge is 2.35. The maximum Gasteiger partial charge on any atom is 0.188 e. The molecule has 0 spiro atoms. The molecule has 1 saturated carbocycles. The molecule has 0 saturated heterocycles. The van der Waals surface area contributed by atoms with Crippen molar-refractivity contribution < 1.29 is 19.1 Å². The Hall–Kier alpha value is -1.68. The molecule has 0 bridgehead atoms. The Morgan fingerprint density at radius 1 is 1.16 bits per heavy atom. The molecular formula is C14H13ClO4. The number of ketones is 3. The molecule has 0 amide bonds. The van der Waals surface area contributed by atoms with E-state index in [0.717, 1.165) is 0 Å². The van der Waals surface area contributed by atoms with Gasteiger partial charge in [-0.25, -0.2) is 0 Å². The van der Waals surface area contributed by atoms with E-state index in [9.17, 15) is 14.4 Å². The number of hydrogen-bond acceptors (Lipinski definition) is 4. The molecule has 2 rings (SSSR count). The van der Waals surface area contributed by atoms with Crippen molar-refractivity contribution in [3.63, 3.8) is 0 Å². The fraction of sp³-hybridized carbons (Fsp3) is 0.357. The van der Waals surface area contributed by atoms with Crippen LogP contribution in [0.15, 0.2) is 24.3 Å². The minimum Gasteiger partial charge on any atom is -0.486 e. The topological polar surface area (TPSA) is 60.4 Å². The number of rotatable bonds is 4. The third-order valence-corrected chi connectivity index (χ3v) is 3.26. The van der Waals surface area contributed by atoms with Crippen LogP contribution in [0.1, 0.15) is 19.3 Å². The summed E-state index contributed by atoms with van der Waals surface area (Å²) in [5.41, 5.74) is 0. The Balaban J connectivity index is 1.95. The lowest BCUT2D eigenvalue weighted by molar-refractivity contribution is -0.142. The van der Waals surface area contributed by atoms with E-state index in [0.29, 0.717) is 30.0 Å². The van der Waals surface area contributed by atoms with Crippen LogP contribution in [0.5, 0.6) is 5.75 Å². The minimum absolute atomic E-state index is 0.274.